The number of aromatic nitrogens is 2. The number of nitrogens with zero attached hydrogens (tertiary/aromatic N) is 2. The Morgan fingerprint density at radius 2 is 2.03 bits per heavy atom. The van der Waals surface area contributed by atoms with Crippen LogP contribution in [-0.4, -0.2) is 21.4 Å². The maximum Gasteiger partial charge on any atom is 0.277 e. The zero-order valence-electron chi connectivity index (χ0n) is 16.3. The smallest absolute Gasteiger partial charge is 0.277 e. The van der Waals surface area contributed by atoms with Gasteiger partial charge < -0.3 is 16.4 Å². The Kier molecular flexibility index (Phi) is 3.81. The molecular weight excluding hydrogens is 370 g/mol. The molecule has 4 N–H and O–H groups in total. The van der Waals surface area contributed by atoms with Gasteiger partial charge in [-0.1, -0.05) is 6.42 Å². The molecule has 0 aromatic carbocycles. The third-order valence-corrected chi connectivity index (χ3v) is 6.45. The summed E-state index contributed by atoms with van der Waals surface area (Å²) in [6.07, 6.45) is 6.90. The van der Waals surface area contributed by atoms with Gasteiger partial charge >= 0.3 is 0 Å². The third kappa shape index (κ3) is 2.58. The van der Waals surface area contributed by atoms with Crippen LogP contribution in [0.15, 0.2) is 17.1 Å². The molecule has 2 aromatic heterocycles. The summed E-state index contributed by atoms with van der Waals surface area (Å²) in [6.45, 7) is 1.91. The standard InChI is InChI=1S/C21H23N5O3/c1-11-14-7-12-10-23-13(9-16(22)27)8-15(12)24-17(14)20(29)26-18(11)19(28)25-21(26)5-3-2-4-6-21/h8,10,24H,2-7,9H2,1H3,(H2,22,27)(H,25,28). The zero-order chi connectivity index (χ0) is 20.3. The molecule has 1 saturated carbocycles. The molecule has 3 aliphatic rings. The second-order valence-electron chi connectivity index (χ2n) is 8.29. The molecule has 1 aliphatic carbocycles. The maximum absolute atomic E-state index is 13.6. The second-order valence-corrected chi connectivity index (χ2v) is 8.29. The molecule has 1 fully saturated rings. The average Bonchev–Trinajstić information content (AvgIpc) is 2.96. The molecule has 2 aromatic rings. The van der Waals surface area contributed by atoms with Crippen molar-refractivity contribution < 1.29 is 9.59 Å². The van der Waals surface area contributed by atoms with E-state index < -0.39 is 11.6 Å². The fourth-order valence-electron chi connectivity index (χ4n) is 5.07. The molecule has 4 heterocycles. The minimum absolute atomic E-state index is 0.0472. The Morgan fingerprint density at radius 1 is 1.28 bits per heavy atom. The van der Waals surface area contributed by atoms with Gasteiger partial charge in [-0.3, -0.25) is 23.9 Å². The van der Waals surface area contributed by atoms with Crippen LogP contribution in [-0.2, 0) is 23.3 Å². The molecule has 0 atom stereocenters. The molecule has 8 heteroatoms. The Morgan fingerprint density at radius 3 is 2.76 bits per heavy atom. The number of carbonyl (C=O) groups is 2. The fraction of sp³-hybridized carbons (Fsp3) is 0.429. The van der Waals surface area contributed by atoms with Crippen molar-refractivity contribution in [2.75, 3.05) is 5.32 Å². The van der Waals surface area contributed by atoms with Gasteiger partial charge in [0, 0.05) is 18.3 Å². The van der Waals surface area contributed by atoms with Crippen LogP contribution in [0.3, 0.4) is 0 Å². The van der Waals surface area contributed by atoms with Crippen LogP contribution in [0, 0.1) is 6.92 Å². The highest BCUT2D eigenvalue weighted by Gasteiger charge is 2.46. The van der Waals surface area contributed by atoms with Crippen molar-refractivity contribution in [2.45, 2.75) is 57.5 Å². The summed E-state index contributed by atoms with van der Waals surface area (Å²) in [5.74, 6) is -0.615. The van der Waals surface area contributed by atoms with Crippen LogP contribution >= 0.6 is 0 Å². The van der Waals surface area contributed by atoms with Gasteiger partial charge in [0.05, 0.1) is 12.1 Å². The largest absolute Gasteiger partial charge is 0.369 e. The predicted molar refractivity (Wildman–Crippen MR) is 107 cm³/mol. The number of rotatable bonds is 2. The Balaban J connectivity index is 1.65. The predicted octanol–water partition coefficient (Wildman–Crippen LogP) is 1.59. The van der Waals surface area contributed by atoms with Crippen LogP contribution in [0.4, 0.5) is 11.4 Å². The molecular formula is C21H23N5O3. The quantitative estimate of drug-likeness (QED) is 0.611. The van der Waals surface area contributed by atoms with Crippen molar-refractivity contribution in [3.8, 4) is 0 Å². The van der Waals surface area contributed by atoms with Crippen LogP contribution in [0.25, 0.3) is 0 Å². The van der Waals surface area contributed by atoms with E-state index in [1.165, 1.54) is 0 Å². The van der Waals surface area contributed by atoms with E-state index in [0.29, 0.717) is 23.5 Å². The molecule has 2 aliphatic heterocycles. The van der Waals surface area contributed by atoms with E-state index in [1.807, 2.05) is 6.92 Å². The highest BCUT2D eigenvalue weighted by atomic mass is 16.2. The van der Waals surface area contributed by atoms with E-state index in [9.17, 15) is 14.4 Å². The minimum atomic E-state index is -0.612. The molecule has 0 bridgehead atoms. The van der Waals surface area contributed by atoms with Crippen molar-refractivity contribution >= 4 is 23.2 Å². The lowest BCUT2D eigenvalue weighted by molar-refractivity contribution is -0.117. The van der Waals surface area contributed by atoms with Crippen molar-refractivity contribution in [1.29, 1.82) is 0 Å². The van der Waals surface area contributed by atoms with E-state index in [-0.39, 0.29) is 17.9 Å². The SMILES string of the molecule is Cc1c2c(c(=O)n3c1C(=O)NC31CCCCC1)Nc1cc(CC(N)=O)ncc1C2. The van der Waals surface area contributed by atoms with Crippen LogP contribution in [0.1, 0.15) is 65.0 Å². The van der Waals surface area contributed by atoms with Crippen molar-refractivity contribution in [3.63, 3.8) is 0 Å². The first-order valence-electron chi connectivity index (χ1n) is 10.0. The minimum Gasteiger partial charge on any atom is -0.369 e. The summed E-state index contributed by atoms with van der Waals surface area (Å²) in [6, 6.07) is 1.77. The first-order valence-corrected chi connectivity index (χ1v) is 10.0. The number of nitrogens with two attached hydrogens (primary N) is 1. The Bertz CT molecular complexity index is 1130. The molecule has 0 radical (unpaired) electrons. The number of hydrogen-bond acceptors (Lipinski definition) is 5. The molecule has 5 rings (SSSR count). The summed E-state index contributed by atoms with van der Waals surface area (Å²) in [7, 11) is 0. The summed E-state index contributed by atoms with van der Waals surface area (Å²) >= 11 is 0. The first-order chi connectivity index (χ1) is 13.9. The summed E-state index contributed by atoms with van der Waals surface area (Å²) < 4.78 is 1.70. The van der Waals surface area contributed by atoms with Gasteiger partial charge in [-0.2, -0.15) is 0 Å². The highest BCUT2D eigenvalue weighted by molar-refractivity contribution is 5.98. The van der Waals surface area contributed by atoms with Gasteiger partial charge in [0.25, 0.3) is 11.5 Å². The number of primary amides is 1. The molecule has 2 amide bonds. The van der Waals surface area contributed by atoms with Crippen LogP contribution in [0.2, 0.25) is 0 Å². The summed E-state index contributed by atoms with van der Waals surface area (Å²) in [4.78, 5) is 42.0. The zero-order valence-corrected chi connectivity index (χ0v) is 16.3. The lowest BCUT2D eigenvalue weighted by Gasteiger charge is -2.36. The van der Waals surface area contributed by atoms with Crippen molar-refractivity contribution in [2.24, 2.45) is 5.73 Å². The number of anilines is 2. The van der Waals surface area contributed by atoms with Gasteiger partial charge in [-0.15, -0.1) is 0 Å². The van der Waals surface area contributed by atoms with Crippen LogP contribution < -0.4 is 21.9 Å². The van der Waals surface area contributed by atoms with Gasteiger partial charge in [0.15, 0.2) is 0 Å². The summed E-state index contributed by atoms with van der Waals surface area (Å²) in [5.41, 5.74) is 9.41. The van der Waals surface area contributed by atoms with E-state index in [1.54, 1.807) is 16.8 Å². The lowest BCUT2D eigenvalue weighted by atomic mass is 9.88. The number of nitrogens with one attached hydrogen (secondary N) is 2. The molecule has 0 unspecified atom stereocenters. The van der Waals surface area contributed by atoms with Gasteiger partial charge in [0.2, 0.25) is 5.91 Å². The highest BCUT2D eigenvalue weighted by Crippen LogP contribution is 2.40. The van der Waals surface area contributed by atoms with E-state index >= 15 is 0 Å². The van der Waals surface area contributed by atoms with Crippen molar-refractivity contribution in [1.82, 2.24) is 14.9 Å². The number of pyridine rings is 2. The lowest BCUT2D eigenvalue weighted by Crippen LogP contribution is -2.49. The summed E-state index contributed by atoms with van der Waals surface area (Å²) in [5, 5.41) is 6.39. The monoisotopic (exact) mass is 393 g/mol. The normalized spacial score (nSPS) is 18.4. The van der Waals surface area contributed by atoms with E-state index in [0.717, 1.165) is 54.5 Å². The molecule has 8 nitrogen and oxygen atoms in total. The average molecular weight is 393 g/mol. The number of carbonyl (C=O) groups excluding carboxylic acids is 2. The molecule has 150 valence electrons. The number of hydrogen-bond donors (Lipinski definition) is 3. The van der Waals surface area contributed by atoms with E-state index in [2.05, 4.69) is 15.6 Å². The Hall–Kier alpha value is -3.16. The van der Waals surface area contributed by atoms with Gasteiger partial charge in [-0.25, -0.2) is 0 Å². The fourth-order valence-corrected chi connectivity index (χ4v) is 5.07. The number of fused-ring (bicyclic) bond motifs is 4. The second kappa shape index (κ2) is 6.17. The Labute approximate surface area is 167 Å². The topological polar surface area (TPSA) is 119 Å². The molecule has 29 heavy (non-hydrogen) atoms. The molecule has 0 saturated heterocycles. The maximum atomic E-state index is 13.6. The van der Waals surface area contributed by atoms with Crippen LogP contribution in [0.5, 0.6) is 0 Å². The van der Waals surface area contributed by atoms with Gasteiger partial charge in [-0.05, 0) is 55.4 Å². The van der Waals surface area contributed by atoms with E-state index in [4.69, 9.17) is 5.73 Å². The number of amides is 2. The van der Waals surface area contributed by atoms with Gasteiger partial charge in [0.1, 0.15) is 17.0 Å². The third-order valence-electron chi connectivity index (χ3n) is 6.45. The first kappa shape index (κ1) is 17.9. The molecule has 1 spiro atoms. The van der Waals surface area contributed by atoms with Crippen molar-refractivity contribution in [3.05, 3.63) is 50.7 Å².